The molecular weight excluding hydrogens is 464 g/mol. The molecule has 184 valence electrons. The molecular formula is C27H30N2O5S. The second kappa shape index (κ2) is 11.4. The standard InChI is InChI=1S/C27H30N2O5S/c1-33-25-18-22(12-13-24(25)34-20-21-8-4-2-5-9-21)19-28-27(30)26(23-10-6-3-7-11-23)29-14-16-35(31,32)17-15-29/h2-13,18,26H,14-17,19-20H2,1H3,(H,28,30). The maximum atomic E-state index is 13.3. The van der Waals surface area contributed by atoms with Crippen molar-refractivity contribution < 1.29 is 22.7 Å². The highest BCUT2D eigenvalue weighted by molar-refractivity contribution is 7.91. The maximum Gasteiger partial charge on any atom is 0.242 e. The molecule has 8 heteroatoms. The molecule has 4 rings (SSSR count). The Kier molecular flexibility index (Phi) is 8.05. The fourth-order valence-corrected chi connectivity index (χ4v) is 5.34. The zero-order chi connectivity index (χ0) is 24.7. The van der Waals surface area contributed by atoms with Gasteiger partial charge in [-0.2, -0.15) is 0 Å². The van der Waals surface area contributed by atoms with Crippen molar-refractivity contribution in [2.45, 2.75) is 19.2 Å². The van der Waals surface area contributed by atoms with E-state index in [1.807, 2.05) is 83.8 Å². The Labute approximate surface area is 206 Å². The summed E-state index contributed by atoms with van der Waals surface area (Å²) in [7, 11) is -1.46. The fraction of sp³-hybridized carbons (Fsp3) is 0.296. The van der Waals surface area contributed by atoms with E-state index in [0.29, 0.717) is 37.7 Å². The Balaban J connectivity index is 1.43. The van der Waals surface area contributed by atoms with Crippen LogP contribution in [0.5, 0.6) is 11.5 Å². The Bertz CT molecular complexity index is 1220. The van der Waals surface area contributed by atoms with Gasteiger partial charge in [-0.15, -0.1) is 0 Å². The van der Waals surface area contributed by atoms with E-state index in [2.05, 4.69) is 5.32 Å². The smallest absolute Gasteiger partial charge is 0.242 e. The maximum absolute atomic E-state index is 13.3. The SMILES string of the molecule is COc1cc(CNC(=O)C(c2ccccc2)N2CCS(=O)(=O)CC2)ccc1OCc1ccccc1. The molecule has 1 aliphatic heterocycles. The van der Waals surface area contributed by atoms with E-state index in [1.54, 1.807) is 7.11 Å². The normalized spacial score (nSPS) is 16.3. The third kappa shape index (κ3) is 6.61. The molecule has 0 saturated carbocycles. The fourth-order valence-electron chi connectivity index (χ4n) is 4.11. The highest BCUT2D eigenvalue weighted by Gasteiger charge is 2.32. The zero-order valence-corrected chi connectivity index (χ0v) is 20.5. The second-order valence-corrected chi connectivity index (χ2v) is 10.8. The van der Waals surface area contributed by atoms with Gasteiger partial charge in [-0.25, -0.2) is 8.42 Å². The van der Waals surface area contributed by atoms with Crippen molar-refractivity contribution in [1.82, 2.24) is 10.2 Å². The molecule has 1 fully saturated rings. The molecule has 3 aromatic rings. The minimum atomic E-state index is -3.05. The van der Waals surface area contributed by atoms with E-state index in [-0.39, 0.29) is 17.4 Å². The number of carbonyl (C=O) groups excluding carboxylic acids is 1. The van der Waals surface area contributed by atoms with Crippen LogP contribution in [-0.2, 0) is 27.8 Å². The number of nitrogens with one attached hydrogen (secondary N) is 1. The summed E-state index contributed by atoms with van der Waals surface area (Å²) in [5, 5.41) is 3.02. The van der Waals surface area contributed by atoms with Gasteiger partial charge in [-0.1, -0.05) is 66.7 Å². The molecule has 0 spiro atoms. The van der Waals surface area contributed by atoms with Crippen LogP contribution in [-0.4, -0.2) is 50.9 Å². The van der Waals surface area contributed by atoms with Gasteiger partial charge in [0.15, 0.2) is 21.3 Å². The zero-order valence-electron chi connectivity index (χ0n) is 19.7. The summed E-state index contributed by atoms with van der Waals surface area (Å²) in [6.07, 6.45) is 0. The van der Waals surface area contributed by atoms with E-state index in [9.17, 15) is 13.2 Å². The minimum absolute atomic E-state index is 0.0608. The molecule has 1 saturated heterocycles. The lowest BCUT2D eigenvalue weighted by Crippen LogP contribution is -2.47. The summed E-state index contributed by atoms with van der Waals surface area (Å²) >= 11 is 0. The van der Waals surface area contributed by atoms with Crippen LogP contribution >= 0.6 is 0 Å². The van der Waals surface area contributed by atoms with Crippen LogP contribution in [0.25, 0.3) is 0 Å². The Morgan fingerprint density at radius 1 is 0.914 bits per heavy atom. The van der Waals surface area contributed by atoms with Crippen molar-refractivity contribution in [3.63, 3.8) is 0 Å². The predicted molar refractivity (Wildman–Crippen MR) is 135 cm³/mol. The van der Waals surface area contributed by atoms with Crippen LogP contribution in [0.2, 0.25) is 0 Å². The lowest BCUT2D eigenvalue weighted by Gasteiger charge is -2.33. The molecule has 1 atom stereocenters. The van der Waals surface area contributed by atoms with Gasteiger partial charge in [0.1, 0.15) is 12.6 Å². The summed E-state index contributed by atoms with van der Waals surface area (Å²) in [5.41, 5.74) is 2.77. The minimum Gasteiger partial charge on any atom is -0.493 e. The number of hydrogen-bond donors (Lipinski definition) is 1. The number of ether oxygens (including phenoxy) is 2. The highest BCUT2D eigenvalue weighted by Crippen LogP contribution is 2.29. The third-order valence-electron chi connectivity index (χ3n) is 6.04. The third-order valence-corrected chi connectivity index (χ3v) is 7.65. The van der Waals surface area contributed by atoms with Crippen molar-refractivity contribution in [1.29, 1.82) is 0 Å². The second-order valence-electron chi connectivity index (χ2n) is 8.48. The lowest BCUT2D eigenvalue weighted by molar-refractivity contribution is -0.126. The van der Waals surface area contributed by atoms with Crippen LogP contribution in [0.3, 0.4) is 0 Å². The van der Waals surface area contributed by atoms with Gasteiger partial charge in [-0.05, 0) is 28.8 Å². The molecule has 0 aromatic heterocycles. The number of nitrogens with zero attached hydrogens (tertiary/aromatic N) is 1. The van der Waals surface area contributed by atoms with E-state index in [0.717, 1.165) is 16.7 Å². The van der Waals surface area contributed by atoms with Gasteiger partial charge in [0.2, 0.25) is 5.91 Å². The number of methoxy groups -OCH3 is 1. The number of sulfone groups is 1. The van der Waals surface area contributed by atoms with Crippen LogP contribution in [0.1, 0.15) is 22.7 Å². The molecule has 1 amide bonds. The van der Waals surface area contributed by atoms with Gasteiger partial charge >= 0.3 is 0 Å². The quantitative estimate of drug-likeness (QED) is 0.491. The summed E-state index contributed by atoms with van der Waals surface area (Å²) in [6, 6.07) is 24.4. The predicted octanol–water partition coefficient (Wildman–Crippen LogP) is 3.36. The van der Waals surface area contributed by atoms with Crippen molar-refractivity contribution in [2.75, 3.05) is 31.7 Å². The molecule has 3 aromatic carbocycles. The molecule has 1 unspecified atom stereocenters. The number of rotatable bonds is 9. The summed E-state index contributed by atoms with van der Waals surface area (Å²) in [5.74, 6) is 1.17. The first kappa shape index (κ1) is 24.8. The van der Waals surface area contributed by atoms with Crippen LogP contribution < -0.4 is 14.8 Å². The summed E-state index contributed by atoms with van der Waals surface area (Å²) in [6.45, 7) is 1.40. The largest absolute Gasteiger partial charge is 0.493 e. The molecule has 35 heavy (non-hydrogen) atoms. The summed E-state index contributed by atoms with van der Waals surface area (Å²) < 4.78 is 35.2. The van der Waals surface area contributed by atoms with Gasteiger partial charge in [-0.3, -0.25) is 9.69 Å². The van der Waals surface area contributed by atoms with Crippen molar-refractivity contribution in [3.05, 3.63) is 95.6 Å². The number of amides is 1. The Morgan fingerprint density at radius 3 is 2.23 bits per heavy atom. The van der Waals surface area contributed by atoms with Crippen molar-refractivity contribution >= 4 is 15.7 Å². The number of hydrogen-bond acceptors (Lipinski definition) is 6. The molecule has 0 bridgehead atoms. The number of benzene rings is 3. The lowest BCUT2D eigenvalue weighted by atomic mass is 10.0. The first-order chi connectivity index (χ1) is 16.9. The van der Waals surface area contributed by atoms with E-state index < -0.39 is 15.9 Å². The van der Waals surface area contributed by atoms with Crippen molar-refractivity contribution in [3.8, 4) is 11.5 Å². The molecule has 7 nitrogen and oxygen atoms in total. The topological polar surface area (TPSA) is 84.9 Å². The Hall–Kier alpha value is -3.36. The van der Waals surface area contributed by atoms with E-state index in [1.165, 1.54) is 0 Å². The average Bonchev–Trinajstić information content (AvgIpc) is 2.88. The first-order valence-corrected chi connectivity index (χ1v) is 13.4. The van der Waals surface area contributed by atoms with Gasteiger partial charge in [0.05, 0.1) is 18.6 Å². The average molecular weight is 495 g/mol. The van der Waals surface area contributed by atoms with Crippen molar-refractivity contribution in [2.24, 2.45) is 0 Å². The molecule has 0 radical (unpaired) electrons. The van der Waals surface area contributed by atoms with Crippen LogP contribution in [0.4, 0.5) is 0 Å². The molecule has 1 heterocycles. The van der Waals surface area contributed by atoms with Gasteiger partial charge in [0, 0.05) is 19.6 Å². The van der Waals surface area contributed by atoms with Gasteiger partial charge < -0.3 is 14.8 Å². The number of carbonyl (C=O) groups is 1. The first-order valence-electron chi connectivity index (χ1n) is 11.6. The van der Waals surface area contributed by atoms with Crippen LogP contribution in [0, 0.1) is 0 Å². The monoisotopic (exact) mass is 494 g/mol. The molecule has 1 N–H and O–H groups in total. The molecule has 1 aliphatic rings. The summed E-state index contributed by atoms with van der Waals surface area (Å²) in [4.78, 5) is 15.2. The van der Waals surface area contributed by atoms with Gasteiger partial charge in [0.25, 0.3) is 0 Å². The highest BCUT2D eigenvalue weighted by atomic mass is 32.2. The van der Waals surface area contributed by atoms with E-state index in [4.69, 9.17) is 9.47 Å². The molecule has 0 aliphatic carbocycles. The Morgan fingerprint density at radius 2 is 1.57 bits per heavy atom. The van der Waals surface area contributed by atoms with Crippen LogP contribution in [0.15, 0.2) is 78.9 Å². The van der Waals surface area contributed by atoms with E-state index >= 15 is 0 Å².